The molecule has 1 aliphatic heterocycles. The molecular formula is C24H34N4. The Hall–Kier alpha value is -2.49. The van der Waals surface area contributed by atoms with Gasteiger partial charge in [-0.1, -0.05) is 57.4 Å². The third-order valence-corrected chi connectivity index (χ3v) is 5.56. The lowest BCUT2D eigenvalue weighted by molar-refractivity contribution is 0.403. The number of anilines is 3. The van der Waals surface area contributed by atoms with Gasteiger partial charge in [0.15, 0.2) is 0 Å². The molecular weight excluding hydrogens is 344 g/mol. The molecule has 1 saturated carbocycles. The molecule has 0 aromatic heterocycles. The quantitative estimate of drug-likeness (QED) is 0.696. The lowest BCUT2D eigenvalue weighted by Crippen LogP contribution is -2.53. The van der Waals surface area contributed by atoms with Gasteiger partial charge in [-0.25, -0.2) is 0 Å². The smallest absolute Gasteiger partial charge is 0.127 e. The van der Waals surface area contributed by atoms with Crippen LogP contribution in [0.3, 0.4) is 0 Å². The summed E-state index contributed by atoms with van der Waals surface area (Å²) in [6.07, 6.45) is 6.12. The van der Waals surface area contributed by atoms with Crippen molar-refractivity contribution in [2.45, 2.75) is 58.0 Å². The van der Waals surface area contributed by atoms with E-state index in [4.69, 9.17) is 4.99 Å². The van der Waals surface area contributed by atoms with Gasteiger partial charge in [-0.15, -0.1) is 0 Å². The molecule has 1 heterocycles. The zero-order valence-electron chi connectivity index (χ0n) is 17.8. The number of nitrogens with one attached hydrogen (secondary N) is 2. The van der Waals surface area contributed by atoms with Crippen LogP contribution in [-0.2, 0) is 6.54 Å². The van der Waals surface area contributed by atoms with Crippen molar-refractivity contribution >= 4 is 22.9 Å². The van der Waals surface area contributed by atoms with Crippen LogP contribution in [0.4, 0.5) is 17.1 Å². The van der Waals surface area contributed by atoms with E-state index in [0.29, 0.717) is 6.54 Å². The molecule has 0 unspecified atom stereocenters. The van der Waals surface area contributed by atoms with Gasteiger partial charge >= 0.3 is 0 Å². The van der Waals surface area contributed by atoms with Gasteiger partial charge in [-0.3, -0.25) is 4.99 Å². The molecule has 0 radical (unpaired) electrons. The molecule has 0 atom stereocenters. The molecule has 4 nitrogen and oxygen atoms in total. The second-order valence-electron chi connectivity index (χ2n) is 7.67. The maximum Gasteiger partial charge on any atom is 0.127 e. The Bertz CT molecular complexity index is 804. The molecule has 1 spiro atoms. The molecule has 2 N–H and O–H groups in total. The Balaban J connectivity index is 0.00000109. The van der Waals surface area contributed by atoms with E-state index in [2.05, 4.69) is 78.2 Å². The minimum absolute atomic E-state index is 0.0360. The summed E-state index contributed by atoms with van der Waals surface area (Å²) in [6, 6.07) is 17.1. The maximum atomic E-state index is 5.05. The highest BCUT2D eigenvalue weighted by atomic mass is 15.2. The van der Waals surface area contributed by atoms with Gasteiger partial charge in [0.2, 0.25) is 0 Å². The third kappa shape index (κ3) is 4.32. The molecule has 2 aliphatic rings. The van der Waals surface area contributed by atoms with E-state index in [-0.39, 0.29) is 5.54 Å². The Morgan fingerprint density at radius 2 is 1.64 bits per heavy atom. The number of rotatable bonds is 3. The average molecular weight is 379 g/mol. The minimum Gasteiger partial charge on any atom is -0.378 e. The van der Waals surface area contributed by atoms with E-state index in [1.165, 1.54) is 36.2 Å². The van der Waals surface area contributed by atoms with E-state index in [9.17, 15) is 0 Å². The molecule has 2 aromatic rings. The summed E-state index contributed by atoms with van der Waals surface area (Å²) < 4.78 is 0. The third-order valence-electron chi connectivity index (χ3n) is 5.56. The predicted octanol–water partition coefficient (Wildman–Crippen LogP) is 5.92. The van der Waals surface area contributed by atoms with E-state index in [1.807, 2.05) is 13.8 Å². The first-order chi connectivity index (χ1) is 13.7. The van der Waals surface area contributed by atoms with Gasteiger partial charge in [0, 0.05) is 19.8 Å². The zero-order valence-corrected chi connectivity index (χ0v) is 17.8. The van der Waals surface area contributed by atoms with Crippen LogP contribution < -0.4 is 15.5 Å². The monoisotopic (exact) mass is 378 g/mol. The van der Waals surface area contributed by atoms with Crippen molar-refractivity contribution in [1.82, 2.24) is 0 Å². The van der Waals surface area contributed by atoms with Gasteiger partial charge in [0.25, 0.3) is 0 Å². The summed E-state index contributed by atoms with van der Waals surface area (Å²) in [6.45, 7) is 4.70. The standard InChI is InChI=1S/C22H28N4.C2H6/c1-26(2)18-10-8-9-17(15-18)16-23-21-22(13-6-3-7-14-22)25-20-12-5-4-11-19(20)24-21;1-2/h4-5,8-12,15,25H,3,6-7,13-14,16H2,1-2H3,(H,23,24);1-2H3. The summed E-state index contributed by atoms with van der Waals surface area (Å²) in [5.74, 6) is 1.10. The van der Waals surface area contributed by atoms with Gasteiger partial charge < -0.3 is 15.5 Å². The number of aliphatic imine (C=N–C) groups is 1. The highest BCUT2D eigenvalue weighted by Crippen LogP contribution is 2.39. The van der Waals surface area contributed by atoms with Crippen LogP contribution in [0.25, 0.3) is 0 Å². The van der Waals surface area contributed by atoms with Crippen LogP contribution in [0, 0.1) is 0 Å². The number of hydrogen-bond acceptors (Lipinski definition) is 3. The summed E-state index contributed by atoms with van der Waals surface area (Å²) in [5.41, 5.74) is 4.75. The molecule has 1 fully saturated rings. The van der Waals surface area contributed by atoms with Crippen LogP contribution in [-0.4, -0.2) is 25.5 Å². The molecule has 0 saturated heterocycles. The Morgan fingerprint density at radius 3 is 2.36 bits per heavy atom. The molecule has 0 amide bonds. The highest BCUT2D eigenvalue weighted by molar-refractivity contribution is 6.09. The lowest BCUT2D eigenvalue weighted by atomic mass is 9.79. The number of benzene rings is 2. The molecule has 150 valence electrons. The van der Waals surface area contributed by atoms with Gasteiger partial charge in [0.05, 0.1) is 23.5 Å². The first kappa shape index (κ1) is 20.2. The maximum absolute atomic E-state index is 5.05. The van der Waals surface area contributed by atoms with Crippen LogP contribution in [0.2, 0.25) is 0 Å². The minimum atomic E-state index is -0.0360. The predicted molar refractivity (Wildman–Crippen MR) is 123 cm³/mol. The SMILES string of the molecule is CC.CN(C)c1cccc(CN=C2Nc3ccccc3NC23CCCCC3)c1. The van der Waals surface area contributed by atoms with Crippen molar-refractivity contribution in [3.05, 3.63) is 54.1 Å². The van der Waals surface area contributed by atoms with Crippen molar-refractivity contribution in [2.75, 3.05) is 29.6 Å². The average Bonchev–Trinajstić information content (AvgIpc) is 2.74. The van der Waals surface area contributed by atoms with Crippen molar-refractivity contribution < 1.29 is 0 Å². The van der Waals surface area contributed by atoms with Crippen molar-refractivity contribution in [3.63, 3.8) is 0 Å². The number of hydrogen-bond donors (Lipinski definition) is 2. The first-order valence-corrected chi connectivity index (χ1v) is 10.6. The topological polar surface area (TPSA) is 39.7 Å². The van der Waals surface area contributed by atoms with E-state index < -0.39 is 0 Å². The van der Waals surface area contributed by atoms with E-state index >= 15 is 0 Å². The van der Waals surface area contributed by atoms with Gasteiger partial charge in [-0.05, 0) is 42.7 Å². The fraction of sp³-hybridized carbons (Fsp3) is 0.458. The van der Waals surface area contributed by atoms with E-state index in [0.717, 1.165) is 24.4 Å². The molecule has 0 bridgehead atoms. The highest BCUT2D eigenvalue weighted by Gasteiger charge is 2.40. The second kappa shape index (κ2) is 9.13. The largest absolute Gasteiger partial charge is 0.378 e. The fourth-order valence-electron chi connectivity index (χ4n) is 4.08. The van der Waals surface area contributed by atoms with Crippen molar-refractivity contribution in [3.8, 4) is 0 Å². The Labute approximate surface area is 170 Å². The number of nitrogens with zero attached hydrogens (tertiary/aromatic N) is 2. The van der Waals surface area contributed by atoms with Crippen LogP contribution >= 0.6 is 0 Å². The van der Waals surface area contributed by atoms with Crippen molar-refractivity contribution in [2.24, 2.45) is 4.99 Å². The van der Waals surface area contributed by atoms with Gasteiger partial charge in [-0.2, -0.15) is 0 Å². The normalized spacial score (nSPS) is 18.4. The lowest BCUT2D eigenvalue weighted by Gasteiger charge is -2.44. The van der Waals surface area contributed by atoms with E-state index in [1.54, 1.807) is 0 Å². The molecule has 4 heteroatoms. The summed E-state index contributed by atoms with van der Waals surface area (Å²) in [4.78, 5) is 7.19. The molecule has 28 heavy (non-hydrogen) atoms. The van der Waals surface area contributed by atoms with Crippen LogP contribution in [0.15, 0.2) is 53.5 Å². The number of fused-ring (bicyclic) bond motifs is 1. The molecule has 2 aromatic carbocycles. The number of para-hydroxylation sites is 2. The number of amidine groups is 1. The summed E-state index contributed by atoms with van der Waals surface area (Å²) >= 11 is 0. The fourth-order valence-corrected chi connectivity index (χ4v) is 4.08. The van der Waals surface area contributed by atoms with Crippen LogP contribution in [0.5, 0.6) is 0 Å². The van der Waals surface area contributed by atoms with Crippen LogP contribution in [0.1, 0.15) is 51.5 Å². The Kier molecular flexibility index (Phi) is 6.61. The molecule has 1 aliphatic carbocycles. The first-order valence-electron chi connectivity index (χ1n) is 10.6. The van der Waals surface area contributed by atoms with Gasteiger partial charge in [0.1, 0.15) is 5.84 Å². The summed E-state index contributed by atoms with van der Waals surface area (Å²) in [5, 5.41) is 7.47. The Morgan fingerprint density at radius 1 is 0.929 bits per heavy atom. The zero-order chi connectivity index (χ0) is 20.0. The summed E-state index contributed by atoms with van der Waals surface area (Å²) in [7, 11) is 4.15. The second-order valence-corrected chi connectivity index (χ2v) is 7.67. The molecule has 4 rings (SSSR count). The van der Waals surface area contributed by atoms with Crippen molar-refractivity contribution in [1.29, 1.82) is 0 Å².